The van der Waals surface area contributed by atoms with Gasteiger partial charge < -0.3 is 9.13 Å². The van der Waals surface area contributed by atoms with Gasteiger partial charge in [0, 0.05) is 49.3 Å². The molecule has 0 aliphatic carbocycles. The van der Waals surface area contributed by atoms with E-state index in [0.717, 1.165) is 49.9 Å². The van der Waals surface area contributed by atoms with E-state index in [4.69, 9.17) is 15.0 Å². The Morgan fingerprint density at radius 2 is 0.793 bits per heavy atom. The van der Waals surface area contributed by atoms with Gasteiger partial charge in [0.05, 0.1) is 27.8 Å². The van der Waals surface area contributed by atoms with E-state index in [-0.39, 0.29) is 0 Å². The van der Waals surface area contributed by atoms with Gasteiger partial charge in [0.2, 0.25) is 0 Å². The van der Waals surface area contributed by atoms with Crippen LogP contribution >= 0.6 is 0 Å². The molecule has 0 unspecified atom stereocenters. The number of rotatable bonds is 5. The summed E-state index contributed by atoms with van der Waals surface area (Å²) in [6.07, 6.45) is 0. The Kier molecular flexibility index (Phi) is 7.16. The Hall–Kier alpha value is -7.89. The maximum Gasteiger partial charge on any atom is 0.164 e. The summed E-state index contributed by atoms with van der Waals surface area (Å²) in [6.45, 7) is 0. The number of benzene rings is 9. The zero-order valence-electron chi connectivity index (χ0n) is 31.3. The number of aromatic nitrogens is 5. The van der Waals surface area contributed by atoms with E-state index < -0.39 is 0 Å². The summed E-state index contributed by atoms with van der Waals surface area (Å²) in [5.74, 6) is 1.93. The third kappa shape index (κ3) is 5.00. The first-order valence-corrected chi connectivity index (χ1v) is 19.6. The monoisotopic (exact) mass is 739 g/mol. The Balaban J connectivity index is 1.11. The fraction of sp³-hybridized carbons (Fsp3) is 0. The highest BCUT2D eigenvalue weighted by Crippen LogP contribution is 2.41. The molecule has 0 radical (unpaired) electrons. The fourth-order valence-electron chi connectivity index (χ4n) is 8.90. The molecule has 3 aromatic heterocycles. The van der Waals surface area contributed by atoms with Crippen molar-refractivity contribution in [3.05, 3.63) is 200 Å². The second kappa shape index (κ2) is 12.8. The molecule has 0 aliphatic rings. The molecular weight excluding hydrogens is 707 g/mol. The lowest BCUT2D eigenvalue weighted by atomic mass is 10.0. The van der Waals surface area contributed by atoms with Gasteiger partial charge in [-0.2, -0.15) is 0 Å². The van der Waals surface area contributed by atoms with E-state index in [1.165, 1.54) is 43.4 Å². The van der Waals surface area contributed by atoms with Crippen LogP contribution in [0.5, 0.6) is 0 Å². The minimum Gasteiger partial charge on any atom is -0.309 e. The summed E-state index contributed by atoms with van der Waals surface area (Å²) in [7, 11) is 0. The van der Waals surface area contributed by atoms with Crippen molar-refractivity contribution >= 4 is 65.2 Å². The number of nitrogens with zero attached hydrogens (tertiary/aromatic N) is 5. The van der Waals surface area contributed by atoms with Gasteiger partial charge in [-0.1, -0.05) is 146 Å². The summed E-state index contributed by atoms with van der Waals surface area (Å²) in [5.41, 5.74) is 9.77. The molecule has 3 heterocycles. The molecule has 5 nitrogen and oxygen atoms in total. The SMILES string of the molecule is c1ccc(-c2nc(-c3ccccc3)nc(-c3ccc(-n4c5ccc(-n6c7ccccc7c7ccccc76)cc5c5cc6ccccc6cc54)c4ccccc34)n2)cc1. The van der Waals surface area contributed by atoms with Crippen LogP contribution in [0.25, 0.3) is 111 Å². The number of hydrogen-bond acceptors (Lipinski definition) is 3. The Morgan fingerprint density at radius 3 is 1.45 bits per heavy atom. The van der Waals surface area contributed by atoms with Gasteiger partial charge in [0.1, 0.15) is 0 Å². The maximum absolute atomic E-state index is 5.12. The Morgan fingerprint density at radius 1 is 0.293 bits per heavy atom. The lowest BCUT2D eigenvalue weighted by Gasteiger charge is -2.15. The predicted octanol–water partition coefficient (Wildman–Crippen LogP) is 13.4. The van der Waals surface area contributed by atoms with Crippen molar-refractivity contribution in [2.24, 2.45) is 0 Å². The van der Waals surface area contributed by atoms with E-state index in [0.29, 0.717) is 17.5 Å². The second-order valence-corrected chi connectivity index (χ2v) is 14.8. The van der Waals surface area contributed by atoms with E-state index in [2.05, 4.69) is 149 Å². The van der Waals surface area contributed by atoms with Gasteiger partial charge in [-0.05, 0) is 70.8 Å². The van der Waals surface area contributed by atoms with Crippen LogP contribution in [-0.2, 0) is 0 Å². The van der Waals surface area contributed by atoms with Gasteiger partial charge in [-0.3, -0.25) is 0 Å². The summed E-state index contributed by atoms with van der Waals surface area (Å²) in [4.78, 5) is 15.2. The molecule has 0 saturated carbocycles. The number of fused-ring (bicyclic) bond motifs is 8. The van der Waals surface area contributed by atoms with Crippen molar-refractivity contribution in [2.45, 2.75) is 0 Å². The van der Waals surface area contributed by atoms with E-state index in [1.807, 2.05) is 60.7 Å². The first-order valence-electron chi connectivity index (χ1n) is 19.6. The van der Waals surface area contributed by atoms with Crippen LogP contribution in [0.1, 0.15) is 0 Å². The summed E-state index contributed by atoms with van der Waals surface area (Å²) in [6, 6.07) is 71.1. The number of hydrogen-bond donors (Lipinski definition) is 0. The lowest BCUT2D eigenvalue weighted by Crippen LogP contribution is -2.01. The van der Waals surface area contributed by atoms with Gasteiger partial charge >= 0.3 is 0 Å². The molecule has 58 heavy (non-hydrogen) atoms. The molecule has 0 N–H and O–H groups in total. The molecule has 0 saturated heterocycles. The standard InChI is InChI=1S/C53H33N5/c1-3-15-34(16-4-1)51-54-52(35-17-5-2-6-18-35)56-53(55-51)43-28-30-48(40-22-10-9-21-39(40)43)58-49-29-27-38(33-45(49)44-31-36-19-7-8-20-37(36)32-50(44)58)57-46-25-13-11-23-41(46)42-24-12-14-26-47(42)57/h1-33H. The topological polar surface area (TPSA) is 48.5 Å². The first kappa shape index (κ1) is 32.4. The molecule has 0 atom stereocenters. The predicted molar refractivity (Wildman–Crippen MR) is 240 cm³/mol. The average molecular weight is 740 g/mol. The zero-order valence-corrected chi connectivity index (χ0v) is 31.3. The van der Waals surface area contributed by atoms with Crippen molar-refractivity contribution in [3.63, 3.8) is 0 Å². The summed E-state index contributed by atoms with van der Waals surface area (Å²) >= 11 is 0. The average Bonchev–Trinajstić information content (AvgIpc) is 3.80. The smallest absolute Gasteiger partial charge is 0.164 e. The van der Waals surface area contributed by atoms with Crippen LogP contribution in [0.15, 0.2) is 200 Å². The van der Waals surface area contributed by atoms with Crippen molar-refractivity contribution in [3.8, 4) is 45.5 Å². The van der Waals surface area contributed by atoms with Gasteiger partial charge in [-0.15, -0.1) is 0 Å². The molecule has 270 valence electrons. The van der Waals surface area contributed by atoms with E-state index in [9.17, 15) is 0 Å². The summed E-state index contributed by atoms with van der Waals surface area (Å²) in [5, 5.41) is 9.52. The highest BCUT2D eigenvalue weighted by atomic mass is 15.0. The largest absolute Gasteiger partial charge is 0.309 e. The van der Waals surface area contributed by atoms with Crippen molar-refractivity contribution in [2.75, 3.05) is 0 Å². The highest BCUT2D eigenvalue weighted by Gasteiger charge is 2.20. The second-order valence-electron chi connectivity index (χ2n) is 14.8. The molecule has 5 heteroatoms. The fourth-order valence-corrected chi connectivity index (χ4v) is 8.90. The van der Waals surface area contributed by atoms with Crippen LogP contribution < -0.4 is 0 Å². The molecule has 0 bridgehead atoms. The highest BCUT2D eigenvalue weighted by molar-refractivity contribution is 6.16. The van der Waals surface area contributed by atoms with Crippen molar-refractivity contribution < 1.29 is 0 Å². The molecule has 12 rings (SSSR count). The van der Waals surface area contributed by atoms with Crippen molar-refractivity contribution in [1.29, 1.82) is 0 Å². The van der Waals surface area contributed by atoms with Crippen LogP contribution in [0.4, 0.5) is 0 Å². The molecule has 0 fully saturated rings. The van der Waals surface area contributed by atoms with E-state index in [1.54, 1.807) is 0 Å². The molecule has 0 spiro atoms. The maximum atomic E-state index is 5.12. The number of para-hydroxylation sites is 2. The zero-order chi connectivity index (χ0) is 38.2. The molecule has 12 aromatic rings. The molecular formula is C53H33N5. The van der Waals surface area contributed by atoms with E-state index >= 15 is 0 Å². The van der Waals surface area contributed by atoms with Crippen molar-refractivity contribution in [1.82, 2.24) is 24.1 Å². The third-order valence-corrected chi connectivity index (χ3v) is 11.5. The summed E-state index contributed by atoms with van der Waals surface area (Å²) < 4.78 is 4.84. The van der Waals surface area contributed by atoms with Gasteiger partial charge in [0.15, 0.2) is 17.5 Å². The Labute approximate surface area is 333 Å². The Bertz CT molecular complexity index is 3450. The van der Waals surface area contributed by atoms with Gasteiger partial charge in [-0.25, -0.2) is 15.0 Å². The van der Waals surface area contributed by atoms with Crippen LogP contribution in [-0.4, -0.2) is 24.1 Å². The minimum absolute atomic E-state index is 0.638. The minimum atomic E-state index is 0.638. The molecule has 9 aromatic carbocycles. The van der Waals surface area contributed by atoms with Crippen LogP contribution in [0.2, 0.25) is 0 Å². The lowest BCUT2D eigenvalue weighted by molar-refractivity contribution is 1.08. The van der Waals surface area contributed by atoms with Gasteiger partial charge in [0.25, 0.3) is 0 Å². The van der Waals surface area contributed by atoms with Crippen LogP contribution in [0, 0.1) is 0 Å². The van der Waals surface area contributed by atoms with Crippen LogP contribution in [0.3, 0.4) is 0 Å². The first-order chi connectivity index (χ1) is 28.8. The normalized spacial score (nSPS) is 11.8. The molecule has 0 aliphatic heterocycles. The molecule has 0 amide bonds. The third-order valence-electron chi connectivity index (χ3n) is 11.5. The quantitative estimate of drug-likeness (QED) is 0.177.